The number of benzene rings is 1. The zero-order valence-corrected chi connectivity index (χ0v) is 18.3. The van der Waals surface area contributed by atoms with Gasteiger partial charge in [0.25, 0.3) is 5.91 Å². The SMILES string of the molecule is CC1(C)OC(=C2C(=O)Nc3cc(F)ccc32)C=C1c1ccc(CCN2CCOCC2)nc1. The Morgan fingerprint density at radius 3 is 2.75 bits per heavy atom. The highest BCUT2D eigenvalue weighted by atomic mass is 19.1. The van der Waals surface area contributed by atoms with E-state index in [-0.39, 0.29) is 11.7 Å². The summed E-state index contributed by atoms with van der Waals surface area (Å²) in [5.74, 6) is -0.186. The molecule has 1 amide bonds. The molecule has 6 nitrogen and oxygen atoms in total. The van der Waals surface area contributed by atoms with Gasteiger partial charge < -0.3 is 14.8 Å². The molecular weight excluding hydrogens is 409 g/mol. The van der Waals surface area contributed by atoms with Gasteiger partial charge in [-0.2, -0.15) is 0 Å². The topological polar surface area (TPSA) is 63.7 Å². The summed E-state index contributed by atoms with van der Waals surface area (Å²) in [6.45, 7) is 8.44. The normalized spacial score (nSPS) is 22.3. The number of halogens is 1. The minimum atomic E-state index is -0.623. The van der Waals surface area contributed by atoms with E-state index in [4.69, 9.17) is 9.47 Å². The van der Waals surface area contributed by atoms with Gasteiger partial charge in [0.1, 0.15) is 17.2 Å². The first-order valence-electron chi connectivity index (χ1n) is 10.9. The second kappa shape index (κ2) is 8.15. The number of fused-ring (bicyclic) bond motifs is 1. The maximum Gasteiger partial charge on any atom is 0.260 e. The summed E-state index contributed by atoms with van der Waals surface area (Å²) in [4.78, 5) is 19.7. The van der Waals surface area contributed by atoms with E-state index >= 15 is 0 Å². The van der Waals surface area contributed by atoms with Crippen molar-refractivity contribution in [3.8, 4) is 0 Å². The fraction of sp³-hybridized carbons (Fsp3) is 0.360. The Morgan fingerprint density at radius 1 is 1.19 bits per heavy atom. The molecule has 5 rings (SSSR count). The Morgan fingerprint density at radius 2 is 2.00 bits per heavy atom. The average Bonchev–Trinajstić information content (AvgIpc) is 3.27. The molecule has 0 atom stereocenters. The number of carbonyl (C=O) groups excluding carboxylic acids is 1. The number of hydrogen-bond donors (Lipinski definition) is 1. The first kappa shape index (κ1) is 20.8. The van der Waals surface area contributed by atoms with E-state index in [0.717, 1.165) is 56.1 Å². The van der Waals surface area contributed by atoms with Crippen molar-refractivity contribution >= 4 is 22.7 Å². The molecular formula is C25H26FN3O3. The van der Waals surface area contributed by atoms with Crippen molar-refractivity contribution in [1.29, 1.82) is 0 Å². The number of hydrogen-bond acceptors (Lipinski definition) is 5. The Balaban J connectivity index is 1.39. The third-order valence-electron chi connectivity index (χ3n) is 6.19. The van der Waals surface area contributed by atoms with Crippen LogP contribution in [0.5, 0.6) is 0 Å². The molecule has 0 unspecified atom stereocenters. The highest BCUT2D eigenvalue weighted by molar-refractivity contribution is 6.32. The highest BCUT2D eigenvalue weighted by Gasteiger charge is 2.38. The predicted molar refractivity (Wildman–Crippen MR) is 120 cm³/mol. The number of nitrogens with one attached hydrogen (secondary N) is 1. The van der Waals surface area contributed by atoms with Gasteiger partial charge in [0.15, 0.2) is 0 Å². The number of anilines is 1. The quantitative estimate of drug-likeness (QED) is 0.743. The summed E-state index contributed by atoms with van der Waals surface area (Å²) in [7, 11) is 0. The summed E-state index contributed by atoms with van der Waals surface area (Å²) < 4.78 is 25.2. The van der Waals surface area contributed by atoms with Crippen molar-refractivity contribution in [2.24, 2.45) is 0 Å². The van der Waals surface area contributed by atoms with E-state index in [0.29, 0.717) is 22.6 Å². The number of aromatic nitrogens is 1. The van der Waals surface area contributed by atoms with Crippen LogP contribution in [0.1, 0.15) is 30.7 Å². The maximum atomic E-state index is 13.6. The fourth-order valence-corrected chi connectivity index (χ4v) is 4.44. The van der Waals surface area contributed by atoms with Crippen LogP contribution in [0.2, 0.25) is 0 Å². The third-order valence-corrected chi connectivity index (χ3v) is 6.19. The molecule has 32 heavy (non-hydrogen) atoms. The van der Waals surface area contributed by atoms with Gasteiger partial charge in [-0.15, -0.1) is 0 Å². The van der Waals surface area contributed by atoms with Gasteiger partial charge in [0, 0.05) is 54.6 Å². The molecule has 1 fully saturated rings. The number of ether oxygens (including phenoxy) is 2. The van der Waals surface area contributed by atoms with Gasteiger partial charge in [-0.3, -0.25) is 14.7 Å². The maximum absolute atomic E-state index is 13.6. The minimum Gasteiger partial charge on any atom is -0.482 e. The van der Waals surface area contributed by atoms with E-state index in [1.807, 2.05) is 26.1 Å². The van der Waals surface area contributed by atoms with E-state index in [2.05, 4.69) is 27.3 Å². The molecule has 166 valence electrons. The van der Waals surface area contributed by atoms with Crippen molar-refractivity contribution in [1.82, 2.24) is 9.88 Å². The van der Waals surface area contributed by atoms with Crippen molar-refractivity contribution in [3.05, 3.63) is 71.0 Å². The second-order valence-electron chi connectivity index (χ2n) is 8.80. The lowest BCUT2D eigenvalue weighted by molar-refractivity contribution is -0.111. The molecule has 1 aromatic carbocycles. The molecule has 7 heteroatoms. The van der Waals surface area contributed by atoms with Crippen molar-refractivity contribution < 1.29 is 18.7 Å². The monoisotopic (exact) mass is 435 g/mol. The zero-order chi connectivity index (χ0) is 22.3. The molecule has 3 aliphatic heterocycles. The van der Waals surface area contributed by atoms with Crippen LogP contribution in [-0.4, -0.2) is 54.2 Å². The van der Waals surface area contributed by atoms with Crippen LogP contribution in [0.3, 0.4) is 0 Å². The van der Waals surface area contributed by atoms with Crippen LogP contribution in [0.25, 0.3) is 11.1 Å². The Kier molecular flexibility index (Phi) is 5.31. The number of carbonyl (C=O) groups is 1. The molecule has 0 saturated carbocycles. The van der Waals surface area contributed by atoms with Crippen LogP contribution < -0.4 is 5.32 Å². The van der Waals surface area contributed by atoms with E-state index in [1.165, 1.54) is 12.1 Å². The molecule has 0 spiro atoms. The molecule has 0 aliphatic carbocycles. The fourth-order valence-electron chi connectivity index (χ4n) is 4.44. The van der Waals surface area contributed by atoms with Crippen LogP contribution in [0.4, 0.5) is 10.1 Å². The van der Waals surface area contributed by atoms with Crippen molar-refractivity contribution in [2.45, 2.75) is 25.9 Å². The molecule has 0 radical (unpaired) electrons. The zero-order valence-electron chi connectivity index (χ0n) is 18.3. The van der Waals surface area contributed by atoms with Gasteiger partial charge in [-0.1, -0.05) is 6.07 Å². The molecule has 1 aromatic heterocycles. The van der Waals surface area contributed by atoms with E-state index in [1.54, 1.807) is 6.07 Å². The second-order valence-corrected chi connectivity index (χ2v) is 8.80. The van der Waals surface area contributed by atoms with Crippen molar-refractivity contribution in [2.75, 3.05) is 38.2 Å². The molecule has 2 aromatic rings. The summed E-state index contributed by atoms with van der Waals surface area (Å²) in [5, 5.41) is 2.73. The van der Waals surface area contributed by atoms with Gasteiger partial charge in [0.05, 0.1) is 24.5 Å². The van der Waals surface area contributed by atoms with Gasteiger partial charge in [0.2, 0.25) is 0 Å². The molecule has 1 N–H and O–H groups in total. The first-order chi connectivity index (χ1) is 15.4. The molecule has 1 saturated heterocycles. The number of pyridine rings is 1. The van der Waals surface area contributed by atoms with Crippen LogP contribution in [0, 0.1) is 5.82 Å². The molecule has 0 bridgehead atoms. The molecule has 3 aliphatic rings. The lowest BCUT2D eigenvalue weighted by Gasteiger charge is -2.26. The number of amides is 1. The number of allylic oxidation sites excluding steroid dienone is 1. The van der Waals surface area contributed by atoms with Gasteiger partial charge in [-0.25, -0.2) is 4.39 Å². The minimum absolute atomic E-state index is 0.287. The predicted octanol–water partition coefficient (Wildman–Crippen LogP) is 3.65. The van der Waals surface area contributed by atoms with E-state index < -0.39 is 5.60 Å². The summed E-state index contributed by atoms with van der Waals surface area (Å²) in [6, 6.07) is 8.40. The summed E-state index contributed by atoms with van der Waals surface area (Å²) in [5.41, 5.74) is 3.88. The van der Waals surface area contributed by atoms with Gasteiger partial charge in [-0.05, 0) is 44.2 Å². The number of nitrogens with zero attached hydrogens (tertiary/aromatic N) is 2. The largest absolute Gasteiger partial charge is 0.482 e. The Bertz CT molecular complexity index is 1120. The Hall–Kier alpha value is -3.03. The molecule has 4 heterocycles. The standard InChI is InChI=1S/C25H26FN3O3/c1-25(2)20(16-3-5-18(27-15-16)7-8-29-9-11-31-12-10-29)14-22(32-25)23-19-6-4-17(26)13-21(19)28-24(23)30/h3-6,13-15H,7-12H2,1-2H3,(H,28,30). The van der Waals surface area contributed by atoms with Crippen LogP contribution in [-0.2, 0) is 20.7 Å². The average molecular weight is 435 g/mol. The van der Waals surface area contributed by atoms with Gasteiger partial charge >= 0.3 is 0 Å². The van der Waals surface area contributed by atoms with Crippen LogP contribution >= 0.6 is 0 Å². The number of rotatable bonds is 4. The van der Waals surface area contributed by atoms with E-state index in [9.17, 15) is 9.18 Å². The van der Waals surface area contributed by atoms with Crippen molar-refractivity contribution in [3.63, 3.8) is 0 Å². The number of morpholine rings is 1. The lowest BCUT2D eigenvalue weighted by atomic mass is 9.93. The lowest BCUT2D eigenvalue weighted by Crippen LogP contribution is -2.37. The highest BCUT2D eigenvalue weighted by Crippen LogP contribution is 2.44. The smallest absolute Gasteiger partial charge is 0.260 e. The summed E-state index contributed by atoms with van der Waals surface area (Å²) >= 11 is 0. The van der Waals surface area contributed by atoms with Crippen LogP contribution in [0.15, 0.2) is 48.4 Å². The Labute approximate surface area is 186 Å². The summed E-state index contributed by atoms with van der Waals surface area (Å²) in [6.07, 6.45) is 4.66. The first-order valence-corrected chi connectivity index (χ1v) is 10.9. The third kappa shape index (κ3) is 3.94.